The number of rotatable bonds is 26. The first-order valence-corrected chi connectivity index (χ1v) is 35.3. The normalized spacial score (nSPS) is 12.8. The van der Waals surface area contributed by atoms with Crippen molar-refractivity contribution in [3.05, 3.63) is 177 Å². The van der Waals surface area contributed by atoms with Crippen LogP contribution in [0.1, 0.15) is 265 Å². The van der Waals surface area contributed by atoms with E-state index >= 15 is 0 Å². The molecule has 0 aliphatic carbocycles. The fourth-order valence-electron chi connectivity index (χ4n) is 13.9. The zero-order chi connectivity index (χ0) is 65.3. The Balaban J connectivity index is 1.25. The van der Waals surface area contributed by atoms with Crippen LogP contribution in [0, 0.1) is 13.8 Å². The number of allylic oxidation sites excluding steroid dienone is 4. The average Bonchev–Trinajstić information content (AvgIpc) is 1.57. The van der Waals surface area contributed by atoms with Crippen LogP contribution in [-0.4, -0.2) is 36.2 Å². The molecule has 7 nitrogen and oxygen atoms in total. The molecule has 0 saturated heterocycles. The number of unbranched alkanes of at least 4 members (excludes halogenated alkanes) is 12. The van der Waals surface area contributed by atoms with Crippen LogP contribution in [-0.2, 0) is 23.7 Å². The van der Waals surface area contributed by atoms with Crippen molar-refractivity contribution in [1.29, 1.82) is 0 Å². The summed E-state index contributed by atoms with van der Waals surface area (Å²) in [6, 6.07) is 37.4. The maximum atomic E-state index is 11.3. The highest BCUT2D eigenvalue weighted by Gasteiger charge is 2.29. The predicted molar refractivity (Wildman–Crippen MR) is 394 cm³/mol. The molecule has 92 heavy (non-hydrogen) atoms. The maximum absolute atomic E-state index is 11.3. The Morgan fingerprint density at radius 1 is 0.391 bits per heavy atom. The van der Waals surface area contributed by atoms with Gasteiger partial charge in [-0.15, -0.1) is 0 Å². The number of carbonyl (C=O) groups is 1. The molecule has 2 aliphatic rings. The lowest BCUT2D eigenvalue weighted by Gasteiger charge is -2.26. The van der Waals surface area contributed by atoms with E-state index in [1.807, 2.05) is 42.7 Å². The van der Waals surface area contributed by atoms with Crippen molar-refractivity contribution >= 4 is 50.6 Å². The SMILES string of the molecule is CCCCCCC1=C(C)c2nc1cc1[nH]c(c(C)c1CCCCCC)c(-c1ccc(-c3ccc(-c4ccc(-c5ccc(C=O)cc5)cn4)nc3)cc1)c1nc(cc3[nH]c(c(C)c3CCCCCC)c2-c2cc(C(C)(C)C)cc(C(C)(C)C)c2)C(CCCCCC)=C1C. The number of H-pyrrole nitrogens is 2. The highest BCUT2D eigenvalue weighted by atomic mass is 16.1. The monoisotopic (exact) mass is 1220 g/mol. The first-order chi connectivity index (χ1) is 44.3. The lowest BCUT2D eigenvalue weighted by atomic mass is 9.78. The van der Waals surface area contributed by atoms with Crippen molar-refractivity contribution < 1.29 is 4.79 Å². The number of aromatic nitrogens is 6. The highest BCUT2D eigenvalue weighted by molar-refractivity contribution is 6.04. The zero-order valence-electron chi connectivity index (χ0n) is 58.4. The Labute approximate surface area is 551 Å². The van der Waals surface area contributed by atoms with Gasteiger partial charge in [-0.1, -0.05) is 225 Å². The van der Waals surface area contributed by atoms with Gasteiger partial charge in [0.2, 0.25) is 0 Å². The molecule has 10 rings (SSSR count). The summed E-state index contributed by atoms with van der Waals surface area (Å²) in [5.74, 6) is 0. The molecular weight excluding hydrogens is 1120 g/mol. The molecule has 0 fully saturated rings. The van der Waals surface area contributed by atoms with Gasteiger partial charge in [0.25, 0.3) is 0 Å². The molecule has 0 spiro atoms. The molecule has 8 aromatic rings. The van der Waals surface area contributed by atoms with Crippen LogP contribution in [0.3, 0.4) is 0 Å². The van der Waals surface area contributed by atoms with Gasteiger partial charge in [-0.25, -0.2) is 9.97 Å². The summed E-state index contributed by atoms with van der Waals surface area (Å²) in [6.07, 6.45) is 27.5. The third kappa shape index (κ3) is 15.0. The van der Waals surface area contributed by atoms with Gasteiger partial charge in [0.15, 0.2) is 0 Å². The van der Waals surface area contributed by atoms with Gasteiger partial charge in [-0.2, -0.15) is 0 Å². The minimum Gasteiger partial charge on any atom is -0.354 e. The smallest absolute Gasteiger partial charge is 0.150 e. The van der Waals surface area contributed by atoms with E-state index in [0.29, 0.717) is 5.56 Å². The molecule has 480 valence electrons. The number of hydrogen-bond acceptors (Lipinski definition) is 5. The van der Waals surface area contributed by atoms with Crippen molar-refractivity contribution in [1.82, 2.24) is 29.9 Å². The van der Waals surface area contributed by atoms with Gasteiger partial charge < -0.3 is 9.97 Å². The lowest BCUT2D eigenvalue weighted by molar-refractivity contribution is 0.112. The van der Waals surface area contributed by atoms with Crippen LogP contribution in [0.15, 0.2) is 116 Å². The number of benzene rings is 3. The molecule has 3 aromatic carbocycles. The quantitative estimate of drug-likeness (QED) is 0.0416. The Morgan fingerprint density at radius 2 is 0.761 bits per heavy atom. The second kappa shape index (κ2) is 29.9. The van der Waals surface area contributed by atoms with Crippen molar-refractivity contribution in [2.24, 2.45) is 0 Å². The van der Waals surface area contributed by atoms with Gasteiger partial charge in [0.1, 0.15) is 6.29 Å². The van der Waals surface area contributed by atoms with Gasteiger partial charge in [0, 0.05) is 51.2 Å². The molecule has 0 saturated carbocycles. The van der Waals surface area contributed by atoms with E-state index in [4.69, 9.17) is 19.9 Å². The second-order valence-corrected chi connectivity index (χ2v) is 28.7. The standard InChI is InChI=1S/C85H104N6O/c1-15-19-23-27-31-68-55(5)80-78(62-41-39-61(40-42-62)64-44-46-73(87-53-64)72-45-43-63(52-86-72)60-37-35-59(54-92)36-38-60)81-56(6)69(32-28-24-20-16-2)75(89-81)51-77-71(34-30-26-22-18-4)58(8)83(91-77)79(65-47-66(84(9,10)11)49-67(48-65)85(12,13)14)82-57(7)70(33-29-25-21-17-3)76(90-82)50-74(68)88-80/h35-54,88,91H,15-34H2,1-14H3. The van der Waals surface area contributed by atoms with E-state index in [0.717, 1.165) is 136 Å². The molecule has 7 heteroatoms. The van der Waals surface area contributed by atoms with E-state index in [1.165, 1.54) is 155 Å². The number of fused-ring (bicyclic) bond motifs is 8. The molecular formula is C85H104N6O. The lowest BCUT2D eigenvalue weighted by Crippen LogP contribution is -2.16. The number of aldehydes is 1. The second-order valence-electron chi connectivity index (χ2n) is 28.7. The van der Waals surface area contributed by atoms with E-state index in [2.05, 4.69) is 180 Å². The summed E-state index contributed by atoms with van der Waals surface area (Å²) in [7, 11) is 0. The van der Waals surface area contributed by atoms with Gasteiger partial charge in [0.05, 0.1) is 45.2 Å². The fourth-order valence-corrected chi connectivity index (χ4v) is 13.9. The third-order valence-corrected chi connectivity index (χ3v) is 19.8. The summed E-state index contributed by atoms with van der Waals surface area (Å²) in [5.41, 5.74) is 33.2. The van der Waals surface area contributed by atoms with Crippen LogP contribution in [0.4, 0.5) is 0 Å². The fraction of sp³-hybridized carbons (Fsp3) is 0.424. The molecule has 7 heterocycles. The van der Waals surface area contributed by atoms with Gasteiger partial charge >= 0.3 is 0 Å². The molecule has 0 unspecified atom stereocenters. The molecule has 0 atom stereocenters. The topological polar surface area (TPSA) is 100 Å². The largest absolute Gasteiger partial charge is 0.354 e. The van der Waals surface area contributed by atoms with E-state index < -0.39 is 0 Å². The molecule has 2 N–H and O–H groups in total. The number of nitrogens with zero attached hydrogens (tertiary/aromatic N) is 4. The summed E-state index contributed by atoms with van der Waals surface area (Å²) < 4.78 is 0. The van der Waals surface area contributed by atoms with E-state index in [1.54, 1.807) is 0 Å². The number of aryl methyl sites for hydroxylation is 4. The number of pyridine rings is 2. The van der Waals surface area contributed by atoms with Crippen molar-refractivity contribution in [2.75, 3.05) is 0 Å². The van der Waals surface area contributed by atoms with Crippen molar-refractivity contribution in [2.45, 2.75) is 236 Å². The summed E-state index contributed by atoms with van der Waals surface area (Å²) in [4.78, 5) is 41.7. The summed E-state index contributed by atoms with van der Waals surface area (Å²) in [6.45, 7) is 32.9. The van der Waals surface area contributed by atoms with Crippen LogP contribution >= 0.6 is 0 Å². The molecule has 0 amide bonds. The van der Waals surface area contributed by atoms with Crippen LogP contribution < -0.4 is 0 Å². The Hall–Kier alpha value is -7.77. The number of aromatic amines is 2. The molecule has 5 aromatic heterocycles. The van der Waals surface area contributed by atoms with Crippen molar-refractivity contribution in [3.63, 3.8) is 0 Å². The number of hydrogen-bond donors (Lipinski definition) is 2. The van der Waals surface area contributed by atoms with E-state index in [-0.39, 0.29) is 10.8 Å². The minimum atomic E-state index is -0.0741. The summed E-state index contributed by atoms with van der Waals surface area (Å²) >= 11 is 0. The minimum absolute atomic E-state index is 0.0741. The predicted octanol–water partition coefficient (Wildman–Crippen LogP) is 24.5. The molecule has 8 bridgehead atoms. The molecule has 2 aliphatic heterocycles. The van der Waals surface area contributed by atoms with Crippen LogP contribution in [0.5, 0.6) is 0 Å². The molecule has 0 radical (unpaired) electrons. The van der Waals surface area contributed by atoms with Crippen LogP contribution in [0.2, 0.25) is 0 Å². The average molecular weight is 1230 g/mol. The zero-order valence-corrected chi connectivity index (χ0v) is 58.4. The van der Waals surface area contributed by atoms with Gasteiger partial charge in [-0.05, 0) is 192 Å². The Kier molecular flexibility index (Phi) is 21.8. The number of carbonyl (C=O) groups excluding carboxylic acids is 1. The Bertz CT molecular complexity index is 4100. The van der Waals surface area contributed by atoms with Crippen LogP contribution in [0.25, 0.3) is 100 Å². The van der Waals surface area contributed by atoms with Crippen molar-refractivity contribution in [3.8, 4) is 55.9 Å². The van der Waals surface area contributed by atoms with Gasteiger partial charge in [-0.3, -0.25) is 14.8 Å². The first-order valence-electron chi connectivity index (χ1n) is 35.3. The summed E-state index contributed by atoms with van der Waals surface area (Å²) in [5, 5.41) is 0. The third-order valence-electron chi connectivity index (χ3n) is 19.8. The Morgan fingerprint density at radius 3 is 1.13 bits per heavy atom. The maximum Gasteiger partial charge on any atom is 0.150 e. The van der Waals surface area contributed by atoms with E-state index in [9.17, 15) is 4.79 Å². The first kappa shape index (κ1) is 67.1. The highest BCUT2D eigenvalue weighted by Crippen LogP contribution is 2.46. The number of nitrogens with one attached hydrogen (secondary N) is 2.